The lowest BCUT2D eigenvalue weighted by molar-refractivity contribution is -0.122. The Balaban J connectivity index is 1.61. The van der Waals surface area contributed by atoms with Crippen molar-refractivity contribution in [1.29, 1.82) is 0 Å². The predicted octanol–water partition coefficient (Wildman–Crippen LogP) is 5.93. The average molecular weight is 382 g/mol. The van der Waals surface area contributed by atoms with Crippen molar-refractivity contribution in [3.63, 3.8) is 0 Å². The molecule has 0 heterocycles. The summed E-state index contributed by atoms with van der Waals surface area (Å²) in [4.78, 5) is 12.5. The summed E-state index contributed by atoms with van der Waals surface area (Å²) in [6, 6.07) is 23.8. The molecule has 3 aromatic rings. The van der Waals surface area contributed by atoms with Crippen molar-refractivity contribution in [2.75, 3.05) is 5.32 Å². The van der Waals surface area contributed by atoms with Crippen molar-refractivity contribution in [3.8, 4) is 17.2 Å². The number of nitrogens with one attached hydrogen (secondary N) is 1. The van der Waals surface area contributed by atoms with Gasteiger partial charge in [-0.15, -0.1) is 0 Å². The molecule has 27 heavy (non-hydrogen) atoms. The molecule has 0 bridgehead atoms. The third-order valence-corrected chi connectivity index (χ3v) is 4.18. The van der Waals surface area contributed by atoms with Crippen LogP contribution in [-0.4, -0.2) is 12.0 Å². The predicted molar refractivity (Wildman–Crippen MR) is 108 cm³/mol. The fraction of sp³-hybridized carbons (Fsp3) is 0.136. The first-order valence-corrected chi connectivity index (χ1v) is 9.08. The SMILES string of the molecule is CC[C@@H](Oc1ccccc1Cl)C(=O)Nc1ccc(Oc2ccccc2)cc1. The summed E-state index contributed by atoms with van der Waals surface area (Å²) in [6.07, 6.45) is -0.114. The topological polar surface area (TPSA) is 47.6 Å². The van der Waals surface area contributed by atoms with Crippen LogP contribution in [0.3, 0.4) is 0 Å². The van der Waals surface area contributed by atoms with Gasteiger partial charge in [-0.25, -0.2) is 0 Å². The number of amides is 1. The van der Waals surface area contributed by atoms with E-state index in [9.17, 15) is 4.79 Å². The van der Waals surface area contributed by atoms with E-state index in [4.69, 9.17) is 21.1 Å². The van der Waals surface area contributed by atoms with E-state index in [1.807, 2.05) is 49.4 Å². The molecule has 4 nitrogen and oxygen atoms in total. The third-order valence-electron chi connectivity index (χ3n) is 3.87. The minimum Gasteiger partial charge on any atom is -0.479 e. The number of carbonyl (C=O) groups is 1. The highest BCUT2D eigenvalue weighted by molar-refractivity contribution is 6.32. The van der Waals surface area contributed by atoms with Crippen molar-refractivity contribution in [3.05, 3.63) is 83.9 Å². The minimum absolute atomic E-state index is 0.228. The molecule has 0 saturated heterocycles. The van der Waals surface area contributed by atoms with E-state index in [2.05, 4.69) is 5.32 Å². The molecule has 3 aromatic carbocycles. The lowest BCUT2D eigenvalue weighted by Crippen LogP contribution is -2.32. The van der Waals surface area contributed by atoms with Crippen LogP contribution in [0.1, 0.15) is 13.3 Å². The molecule has 1 amide bonds. The Bertz CT molecular complexity index is 882. The van der Waals surface area contributed by atoms with E-state index in [-0.39, 0.29) is 5.91 Å². The van der Waals surface area contributed by atoms with Gasteiger partial charge < -0.3 is 14.8 Å². The Kier molecular flexibility index (Phi) is 6.34. The van der Waals surface area contributed by atoms with Crippen LogP contribution in [-0.2, 0) is 4.79 Å². The van der Waals surface area contributed by atoms with Crippen LogP contribution >= 0.6 is 11.6 Å². The molecule has 3 rings (SSSR count). The van der Waals surface area contributed by atoms with Crippen molar-refractivity contribution < 1.29 is 14.3 Å². The smallest absolute Gasteiger partial charge is 0.265 e. The van der Waals surface area contributed by atoms with E-state index in [1.165, 1.54) is 0 Å². The fourth-order valence-corrected chi connectivity index (χ4v) is 2.65. The quantitative estimate of drug-likeness (QED) is 0.551. The molecule has 1 N–H and O–H groups in total. The molecule has 0 aliphatic heterocycles. The van der Waals surface area contributed by atoms with Crippen LogP contribution in [0.5, 0.6) is 17.2 Å². The summed E-state index contributed by atoms with van der Waals surface area (Å²) in [7, 11) is 0. The van der Waals surface area contributed by atoms with Gasteiger partial charge in [0.1, 0.15) is 17.2 Å². The zero-order chi connectivity index (χ0) is 19.1. The van der Waals surface area contributed by atoms with Crippen LogP contribution in [0, 0.1) is 0 Å². The van der Waals surface area contributed by atoms with E-state index < -0.39 is 6.10 Å². The highest BCUT2D eigenvalue weighted by Gasteiger charge is 2.19. The van der Waals surface area contributed by atoms with Crippen LogP contribution in [0.4, 0.5) is 5.69 Å². The van der Waals surface area contributed by atoms with Crippen LogP contribution < -0.4 is 14.8 Å². The Hall–Kier alpha value is -2.98. The molecule has 0 aliphatic rings. The van der Waals surface area contributed by atoms with Crippen molar-refractivity contribution in [2.24, 2.45) is 0 Å². The van der Waals surface area contributed by atoms with Crippen LogP contribution in [0.25, 0.3) is 0 Å². The van der Waals surface area contributed by atoms with Gasteiger partial charge in [-0.05, 0) is 55.0 Å². The lowest BCUT2D eigenvalue weighted by Gasteiger charge is -2.18. The number of hydrogen-bond acceptors (Lipinski definition) is 3. The third kappa shape index (κ3) is 5.25. The number of anilines is 1. The fourth-order valence-electron chi connectivity index (χ4n) is 2.47. The first-order valence-electron chi connectivity index (χ1n) is 8.70. The second-order valence-corrected chi connectivity index (χ2v) is 6.28. The summed E-state index contributed by atoms with van der Waals surface area (Å²) < 4.78 is 11.5. The Morgan fingerprint density at radius 3 is 2.22 bits per heavy atom. The van der Waals surface area contributed by atoms with Gasteiger partial charge in [0.25, 0.3) is 5.91 Å². The van der Waals surface area contributed by atoms with Crippen LogP contribution in [0.15, 0.2) is 78.9 Å². The van der Waals surface area contributed by atoms with Crippen molar-refractivity contribution in [2.45, 2.75) is 19.4 Å². The van der Waals surface area contributed by atoms with Gasteiger partial charge in [-0.1, -0.05) is 48.9 Å². The number of hydrogen-bond donors (Lipinski definition) is 1. The maximum atomic E-state index is 12.5. The summed E-state index contributed by atoms with van der Waals surface area (Å²) in [5, 5.41) is 3.34. The van der Waals surface area contributed by atoms with Gasteiger partial charge in [-0.2, -0.15) is 0 Å². The maximum absolute atomic E-state index is 12.5. The number of ether oxygens (including phenoxy) is 2. The number of halogens is 1. The Morgan fingerprint density at radius 2 is 1.56 bits per heavy atom. The maximum Gasteiger partial charge on any atom is 0.265 e. The molecule has 5 heteroatoms. The summed E-state index contributed by atoms with van der Waals surface area (Å²) in [6.45, 7) is 1.89. The Labute approximate surface area is 163 Å². The van der Waals surface area contributed by atoms with Gasteiger partial charge in [0.15, 0.2) is 6.10 Å². The summed E-state index contributed by atoms with van der Waals surface area (Å²) >= 11 is 6.10. The van der Waals surface area contributed by atoms with Gasteiger partial charge in [-0.3, -0.25) is 4.79 Å². The van der Waals surface area contributed by atoms with E-state index in [0.29, 0.717) is 28.6 Å². The van der Waals surface area contributed by atoms with Crippen molar-refractivity contribution >= 4 is 23.2 Å². The second kappa shape index (κ2) is 9.10. The highest BCUT2D eigenvalue weighted by Crippen LogP contribution is 2.26. The first kappa shape index (κ1) is 18.8. The van der Waals surface area contributed by atoms with E-state index >= 15 is 0 Å². The molecule has 0 aromatic heterocycles. The Morgan fingerprint density at radius 1 is 0.926 bits per heavy atom. The number of rotatable bonds is 7. The number of para-hydroxylation sites is 2. The number of benzene rings is 3. The van der Waals surface area contributed by atoms with Gasteiger partial charge in [0.2, 0.25) is 0 Å². The normalized spacial score (nSPS) is 11.5. The highest BCUT2D eigenvalue weighted by atomic mass is 35.5. The number of carbonyl (C=O) groups excluding carboxylic acids is 1. The second-order valence-electron chi connectivity index (χ2n) is 5.87. The molecule has 0 fully saturated rings. The molecular formula is C22H20ClNO3. The largest absolute Gasteiger partial charge is 0.479 e. The van der Waals surface area contributed by atoms with Gasteiger partial charge in [0, 0.05) is 5.69 Å². The molecule has 0 saturated carbocycles. The summed E-state index contributed by atoms with van der Waals surface area (Å²) in [5.74, 6) is 1.72. The van der Waals surface area contributed by atoms with E-state index in [1.54, 1.807) is 36.4 Å². The summed E-state index contributed by atoms with van der Waals surface area (Å²) in [5.41, 5.74) is 0.668. The molecule has 0 unspecified atom stereocenters. The van der Waals surface area contributed by atoms with Gasteiger partial charge in [0.05, 0.1) is 5.02 Å². The van der Waals surface area contributed by atoms with Gasteiger partial charge >= 0.3 is 0 Å². The first-order chi connectivity index (χ1) is 13.2. The molecule has 0 spiro atoms. The standard InChI is InChI=1S/C22H20ClNO3/c1-2-20(27-21-11-7-6-10-19(21)23)22(25)24-16-12-14-18(15-13-16)26-17-8-4-3-5-9-17/h3-15,20H,2H2,1H3,(H,24,25)/t20-/m1/s1. The van der Waals surface area contributed by atoms with E-state index in [0.717, 1.165) is 5.75 Å². The molecular weight excluding hydrogens is 362 g/mol. The minimum atomic E-state index is -0.634. The van der Waals surface area contributed by atoms with Crippen LogP contribution in [0.2, 0.25) is 5.02 Å². The molecule has 1 atom stereocenters. The van der Waals surface area contributed by atoms with Crippen molar-refractivity contribution in [1.82, 2.24) is 0 Å². The lowest BCUT2D eigenvalue weighted by atomic mass is 10.2. The zero-order valence-corrected chi connectivity index (χ0v) is 15.6. The molecule has 0 aliphatic carbocycles. The average Bonchev–Trinajstić information content (AvgIpc) is 2.69. The molecule has 0 radical (unpaired) electrons. The molecule has 138 valence electrons. The zero-order valence-electron chi connectivity index (χ0n) is 14.9. The monoisotopic (exact) mass is 381 g/mol.